The second-order valence-corrected chi connectivity index (χ2v) is 6.37. The molecular weight excluding hydrogens is 251 g/mol. The summed E-state index contributed by atoms with van der Waals surface area (Å²) < 4.78 is 15.9. The van der Waals surface area contributed by atoms with Crippen LogP contribution in [0.15, 0.2) is 24.4 Å². The lowest BCUT2D eigenvalue weighted by Crippen LogP contribution is -2.26. The summed E-state index contributed by atoms with van der Waals surface area (Å²) in [4.78, 5) is 0. The van der Waals surface area contributed by atoms with E-state index in [0.717, 1.165) is 31.1 Å². The predicted molar refractivity (Wildman–Crippen MR) is 79.5 cm³/mol. The van der Waals surface area contributed by atoms with Crippen molar-refractivity contribution in [2.24, 2.45) is 5.92 Å². The molecule has 1 saturated carbocycles. The maximum Gasteiger partial charge on any atom is 0.125 e. The third-order valence-electron chi connectivity index (χ3n) is 4.81. The fourth-order valence-corrected chi connectivity index (χ4v) is 3.48. The molecule has 2 heterocycles. The summed E-state index contributed by atoms with van der Waals surface area (Å²) in [7, 11) is 0. The van der Waals surface area contributed by atoms with Crippen LogP contribution < -0.4 is 5.32 Å². The summed E-state index contributed by atoms with van der Waals surface area (Å²) in [5, 5.41) is 4.69. The molecule has 2 aliphatic rings. The number of halogens is 1. The van der Waals surface area contributed by atoms with E-state index in [4.69, 9.17) is 0 Å². The minimum Gasteiger partial charge on any atom is -0.347 e. The van der Waals surface area contributed by atoms with Crippen LogP contribution in [0.2, 0.25) is 0 Å². The lowest BCUT2D eigenvalue weighted by molar-refractivity contribution is 0.461. The van der Waals surface area contributed by atoms with Crippen molar-refractivity contribution in [2.75, 3.05) is 13.1 Å². The van der Waals surface area contributed by atoms with Gasteiger partial charge in [-0.05, 0) is 74.4 Å². The molecule has 4 rings (SSSR count). The van der Waals surface area contributed by atoms with Crippen LogP contribution in [0.5, 0.6) is 0 Å². The number of piperidine rings is 1. The molecule has 0 bridgehead atoms. The highest BCUT2D eigenvalue weighted by Gasteiger charge is 2.25. The van der Waals surface area contributed by atoms with Gasteiger partial charge < -0.3 is 9.88 Å². The summed E-state index contributed by atoms with van der Waals surface area (Å²) in [6.07, 6.45) is 7.35. The molecule has 0 unspecified atom stereocenters. The van der Waals surface area contributed by atoms with E-state index >= 15 is 0 Å². The van der Waals surface area contributed by atoms with Crippen molar-refractivity contribution in [3.63, 3.8) is 0 Å². The highest BCUT2D eigenvalue weighted by molar-refractivity contribution is 5.84. The van der Waals surface area contributed by atoms with Crippen molar-refractivity contribution in [3.8, 4) is 0 Å². The first-order valence-electron chi connectivity index (χ1n) is 7.80. The molecule has 1 aliphatic heterocycles. The van der Waals surface area contributed by atoms with E-state index in [9.17, 15) is 4.39 Å². The van der Waals surface area contributed by atoms with Crippen LogP contribution in [0.1, 0.15) is 37.2 Å². The number of hydrogen-bond donors (Lipinski definition) is 1. The lowest BCUT2D eigenvalue weighted by atomic mass is 9.90. The van der Waals surface area contributed by atoms with Gasteiger partial charge in [-0.1, -0.05) is 0 Å². The second kappa shape index (κ2) is 4.88. The summed E-state index contributed by atoms with van der Waals surface area (Å²) in [5.74, 6) is 1.32. The molecule has 2 nitrogen and oxygen atoms in total. The molecule has 20 heavy (non-hydrogen) atoms. The SMILES string of the molecule is Fc1ccc2c(C3CCNCC3)cn(CC3CC3)c2c1. The third-order valence-corrected chi connectivity index (χ3v) is 4.81. The quantitative estimate of drug-likeness (QED) is 0.902. The maximum atomic E-state index is 13.6. The Kier molecular flexibility index (Phi) is 3.03. The van der Waals surface area contributed by atoms with Crippen molar-refractivity contribution in [3.05, 3.63) is 35.8 Å². The topological polar surface area (TPSA) is 17.0 Å². The van der Waals surface area contributed by atoms with E-state index < -0.39 is 0 Å². The Hall–Kier alpha value is -1.35. The first kappa shape index (κ1) is 12.4. The monoisotopic (exact) mass is 272 g/mol. The van der Waals surface area contributed by atoms with Crippen LogP contribution in [-0.4, -0.2) is 17.7 Å². The van der Waals surface area contributed by atoms with E-state index in [2.05, 4.69) is 16.1 Å². The van der Waals surface area contributed by atoms with E-state index in [0.29, 0.717) is 5.92 Å². The molecule has 2 aromatic rings. The molecule has 106 valence electrons. The fraction of sp³-hybridized carbons (Fsp3) is 0.529. The number of hydrogen-bond acceptors (Lipinski definition) is 1. The van der Waals surface area contributed by atoms with Crippen molar-refractivity contribution < 1.29 is 4.39 Å². The lowest BCUT2D eigenvalue weighted by Gasteiger charge is -2.22. The third kappa shape index (κ3) is 2.24. The first-order valence-corrected chi connectivity index (χ1v) is 7.80. The van der Waals surface area contributed by atoms with Crippen LogP contribution in [0, 0.1) is 11.7 Å². The van der Waals surface area contributed by atoms with Gasteiger partial charge in [-0.3, -0.25) is 0 Å². The molecule has 1 N–H and O–H groups in total. The number of aromatic nitrogens is 1. The molecule has 1 aromatic heterocycles. The zero-order chi connectivity index (χ0) is 13.5. The summed E-state index contributed by atoms with van der Waals surface area (Å²) >= 11 is 0. The van der Waals surface area contributed by atoms with Crippen LogP contribution in [-0.2, 0) is 6.54 Å². The van der Waals surface area contributed by atoms with E-state index in [1.165, 1.54) is 36.6 Å². The zero-order valence-corrected chi connectivity index (χ0v) is 11.7. The summed E-state index contributed by atoms with van der Waals surface area (Å²) in [6.45, 7) is 3.26. The summed E-state index contributed by atoms with van der Waals surface area (Å²) in [6, 6.07) is 5.29. The van der Waals surface area contributed by atoms with Crippen LogP contribution >= 0.6 is 0 Å². The van der Waals surface area contributed by atoms with Crippen molar-refractivity contribution >= 4 is 10.9 Å². The molecule has 3 heteroatoms. The van der Waals surface area contributed by atoms with Gasteiger partial charge in [-0.15, -0.1) is 0 Å². The molecule has 1 aromatic carbocycles. The van der Waals surface area contributed by atoms with Crippen LogP contribution in [0.3, 0.4) is 0 Å². The molecule has 0 spiro atoms. The highest BCUT2D eigenvalue weighted by Crippen LogP contribution is 2.36. The minimum atomic E-state index is -0.121. The van der Waals surface area contributed by atoms with Gasteiger partial charge >= 0.3 is 0 Å². The zero-order valence-electron chi connectivity index (χ0n) is 11.7. The normalized spacial score (nSPS) is 20.6. The van der Waals surface area contributed by atoms with Crippen molar-refractivity contribution in [1.82, 2.24) is 9.88 Å². The first-order chi connectivity index (χ1) is 9.81. The smallest absolute Gasteiger partial charge is 0.125 e. The number of fused-ring (bicyclic) bond motifs is 1. The predicted octanol–water partition coefficient (Wildman–Crippen LogP) is 3.66. The Morgan fingerprint density at radius 2 is 1.95 bits per heavy atom. The molecule has 1 saturated heterocycles. The average Bonchev–Trinajstić information content (AvgIpc) is 3.22. The molecular formula is C17H21FN2. The summed E-state index contributed by atoms with van der Waals surface area (Å²) in [5.41, 5.74) is 2.52. The standard InChI is InChI=1S/C17H21FN2/c18-14-3-4-15-16(13-5-7-19-8-6-13)11-20(17(15)9-14)10-12-1-2-12/h3-4,9,11-13,19H,1-2,5-8,10H2. The van der Waals surface area contributed by atoms with Gasteiger partial charge in [0.25, 0.3) is 0 Å². The highest BCUT2D eigenvalue weighted by atomic mass is 19.1. The van der Waals surface area contributed by atoms with Gasteiger partial charge in [0.05, 0.1) is 5.52 Å². The number of benzene rings is 1. The Bertz CT molecular complexity index is 621. The Labute approximate surface area is 119 Å². The van der Waals surface area contributed by atoms with E-state index in [1.54, 1.807) is 12.1 Å². The maximum absolute atomic E-state index is 13.6. The number of nitrogens with one attached hydrogen (secondary N) is 1. The minimum absolute atomic E-state index is 0.121. The van der Waals surface area contributed by atoms with E-state index in [-0.39, 0.29) is 5.82 Å². The van der Waals surface area contributed by atoms with Gasteiger partial charge in [0, 0.05) is 18.1 Å². The Morgan fingerprint density at radius 3 is 2.70 bits per heavy atom. The van der Waals surface area contributed by atoms with Crippen LogP contribution in [0.4, 0.5) is 4.39 Å². The van der Waals surface area contributed by atoms with Gasteiger partial charge in [-0.2, -0.15) is 0 Å². The van der Waals surface area contributed by atoms with Gasteiger partial charge in [0.1, 0.15) is 5.82 Å². The molecule has 0 atom stereocenters. The Balaban J connectivity index is 1.78. The molecule has 2 fully saturated rings. The Morgan fingerprint density at radius 1 is 1.15 bits per heavy atom. The number of nitrogens with zero attached hydrogens (tertiary/aromatic N) is 1. The van der Waals surface area contributed by atoms with E-state index in [1.807, 2.05) is 6.07 Å². The van der Waals surface area contributed by atoms with Crippen LogP contribution in [0.25, 0.3) is 10.9 Å². The van der Waals surface area contributed by atoms with Gasteiger partial charge in [-0.25, -0.2) is 4.39 Å². The van der Waals surface area contributed by atoms with Gasteiger partial charge in [0.15, 0.2) is 0 Å². The average molecular weight is 272 g/mol. The molecule has 1 aliphatic carbocycles. The van der Waals surface area contributed by atoms with Crippen molar-refractivity contribution in [1.29, 1.82) is 0 Å². The fourth-order valence-electron chi connectivity index (χ4n) is 3.48. The molecule has 0 radical (unpaired) electrons. The van der Waals surface area contributed by atoms with Gasteiger partial charge in [0.2, 0.25) is 0 Å². The van der Waals surface area contributed by atoms with Crippen molar-refractivity contribution in [2.45, 2.75) is 38.1 Å². The molecule has 0 amide bonds. The largest absolute Gasteiger partial charge is 0.347 e. The second-order valence-electron chi connectivity index (χ2n) is 6.37. The number of rotatable bonds is 3.